The van der Waals surface area contributed by atoms with E-state index in [0.29, 0.717) is 11.8 Å². The number of rotatable bonds is 4. The zero-order valence-corrected chi connectivity index (χ0v) is 12.6. The number of hydrogen-bond acceptors (Lipinski definition) is 3. The molecule has 1 N–H and O–H groups in total. The Morgan fingerprint density at radius 1 is 1.35 bits per heavy atom. The molecule has 0 spiro atoms. The normalized spacial score (nSPS) is 18.0. The maximum absolute atomic E-state index is 13.5. The van der Waals surface area contributed by atoms with Crippen molar-refractivity contribution in [3.8, 4) is 0 Å². The number of aliphatic imine (C=N–C) groups is 1. The first-order valence-electron chi connectivity index (χ1n) is 6.91. The number of imide groups is 1. The van der Waals surface area contributed by atoms with E-state index in [9.17, 15) is 23.2 Å². The second kappa shape index (κ2) is 6.64. The van der Waals surface area contributed by atoms with Gasteiger partial charge >= 0.3 is 6.03 Å². The molecule has 1 unspecified atom stereocenters. The van der Waals surface area contributed by atoms with Gasteiger partial charge in [-0.1, -0.05) is 0 Å². The number of amides is 4. The molecule has 23 heavy (non-hydrogen) atoms. The molecule has 6 nitrogen and oxygen atoms in total. The van der Waals surface area contributed by atoms with Crippen molar-refractivity contribution >= 4 is 29.2 Å². The van der Waals surface area contributed by atoms with Gasteiger partial charge in [0.25, 0.3) is 0 Å². The summed E-state index contributed by atoms with van der Waals surface area (Å²) >= 11 is 0. The van der Waals surface area contributed by atoms with Crippen LogP contribution in [0.3, 0.4) is 0 Å². The van der Waals surface area contributed by atoms with Crippen LogP contribution in [0.2, 0.25) is 0 Å². The predicted molar refractivity (Wildman–Crippen MR) is 79.0 cm³/mol. The molecule has 4 amide bonds. The molecule has 2 rings (SSSR count). The highest BCUT2D eigenvalue weighted by Gasteiger charge is 2.33. The Balaban J connectivity index is 1.98. The molecule has 0 aromatic heterocycles. The van der Waals surface area contributed by atoms with Crippen molar-refractivity contribution < 1.29 is 23.2 Å². The molecule has 1 heterocycles. The van der Waals surface area contributed by atoms with E-state index in [1.165, 1.54) is 7.05 Å². The van der Waals surface area contributed by atoms with Crippen LogP contribution in [-0.4, -0.2) is 35.5 Å². The molecule has 0 fully saturated rings. The van der Waals surface area contributed by atoms with Gasteiger partial charge in [0.05, 0.1) is 11.6 Å². The van der Waals surface area contributed by atoms with Crippen molar-refractivity contribution in [2.24, 2.45) is 10.9 Å². The summed E-state index contributed by atoms with van der Waals surface area (Å²) in [5, 5.41) is 2.31. The largest absolute Gasteiger partial charge is 0.349 e. The molecule has 1 aliphatic rings. The standard InChI is InChI=1S/C15H15F2N3O3/c1-8-10(14(22)20(2)15(23)18-8)4-6-13(21)19-12-5-3-9(16)7-11(12)17/h3,5,7,10H,4,6H2,1-2H3,(H,19,21). The van der Waals surface area contributed by atoms with Crippen LogP contribution in [0, 0.1) is 17.6 Å². The van der Waals surface area contributed by atoms with E-state index < -0.39 is 35.4 Å². The molecule has 1 atom stereocenters. The monoisotopic (exact) mass is 323 g/mol. The van der Waals surface area contributed by atoms with Crippen LogP contribution >= 0.6 is 0 Å². The predicted octanol–water partition coefficient (Wildman–Crippen LogP) is 2.35. The Hall–Kier alpha value is -2.64. The van der Waals surface area contributed by atoms with Gasteiger partial charge in [0.2, 0.25) is 11.8 Å². The number of anilines is 1. The SMILES string of the molecule is CC1=NC(=O)N(C)C(=O)C1CCC(=O)Nc1ccc(F)cc1F. The van der Waals surface area contributed by atoms with Crippen molar-refractivity contribution in [2.75, 3.05) is 12.4 Å². The first kappa shape index (κ1) is 16.7. The minimum Gasteiger partial charge on any atom is -0.324 e. The number of carbonyl (C=O) groups excluding carboxylic acids is 3. The topological polar surface area (TPSA) is 78.8 Å². The molecule has 0 saturated carbocycles. The molecular formula is C15H15F2N3O3. The van der Waals surface area contributed by atoms with E-state index in [2.05, 4.69) is 10.3 Å². The molecule has 0 aliphatic carbocycles. The lowest BCUT2D eigenvalue weighted by Crippen LogP contribution is -2.43. The summed E-state index contributed by atoms with van der Waals surface area (Å²) in [4.78, 5) is 39.8. The number of nitrogens with zero attached hydrogens (tertiary/aromatic N) is 2. The van der Waals surface area contributed by atoms with Gasteiger partial charge in [0.15, 0.2) is 0 Å². The number of urea groups is 1. The van der Waals surface area contributed by atoms with Gasteiger partial charge in [-0.05, 0) is 25.5 Å². The first-order chi connectivity index (χ1) is 10.8. The quantitative estimate of drug-likeness (QED) is 0.924. The van der Waals surface area contributed by atoms with Crippen molar-refractivity contribution in [3.05, 3.63) is 29.8 Å². The molecular weight excluding hydrogens is 308 g/mol. The van der Waals surface area contributed by atoms with E-state index >= 15 is 0 Å². The molecule has 8 heteroatoms. The zero-order valence-electron chi connectivity index (χ0n) is 12.6. The van der Waals surface area contributed by atoms with E-state index in [-0.39, 0.29) is 18.5 Å². The second-order valence-electron chi connectivity index (χ2n) is 5.20. The third kappa shape index (κ3) is 3.77. The van der Waals surface area contributed by atoms with Crippen LogP contribution in [0.25, 0.3) is 0 Å². The number of carbonyl (C=O) groups is 3. The van der Waals surface area contributed by atoms with Crippen LogP contribution in [-0.2, 0) is 9.59 Å². The number of hydrogen-bond donors (Lipinski definition) is 1. The number of benzene rings is 1. The Labute approximate surface area is 131 Å². The molecule has 1 aliphatic heterocycles. The van der Waals surface area contributed by atoms with Gasteiger partial charge in [0, 0.05) is 25.2 Å². The summed E-state index contributed by atoms with van der Waals surface area (Å²) < 4.78 is 26.2. The third-order valence-electron chi connectivity index (χ3n) is 3.56. The summed E-state index contributed by atoms with van der Waals surface area (Å²) in [5.74, 6) is -3.23. The van der Waals surface area contributed by atoms with E-state index in [0.717, 1.165) is 17.0 Å². The maximum Gasteiger partial charge on any atom is 0.349 e. The highest BCUT2D eigenvalue weighted by atomic mass is 19.1. The van der Waals surface area contributed by atoms with Crippen LogP contribution < -0.4 is 5.32 Å². The number of halogens is 2. The number of nitrogens with one attached hydrogen (secondary N) is 1. The van der Waals surface area contributed by atoms with Crippen LogP contribution in [0.15, 0.2) is 23.2 Å². The summed E-state index contributed by atoms with van der Waals surface area (Å²) in [7, 11) is 1.32. The minimum atomic E-state index is -0.879. The maximum atomic E-state index is 13.5. The van der Waals surface area contributed by atoms with Crippen LogP contribution in [0.1, 0.15) is 19.8 Å². The van der Waals surface area contributed by atoms with Gasteiger partial charge < -0.3 is 5.32 Å². The summed E-state index contributed by atoms with van der Waals surface area (Å²) in [5.41, 5.74) is 0.211. The van der Waals surface area contributed by atoms with E-state index in [4.69, 9.17) is 0 Å². The first-order valence-corrected chi connectivity index (χ1v) is 6.91. The van der Waals surface area contributed by atoms with Gasteiger partial charge in [0.1, 0.15) is 11.6 Å². The van der Waals surface area contributed by atoms with Gasteiger partial charge in [-0.2, -0.15) is 0 Å². The molecule has 0 saturated heterocycles. The summed E-state index contributed by atoms with van der Waals surface area (Å²) in [6, 6.07) is 2.17. The van der Waals surface area contributed by atoms with Crippen molar-refractivity contribution in [3.63, 3.8) is 0 Å². The van der Waals surface area contributed by atoms with E-state index in [1.807, 2.05) is 0 Å². The van der Waals surface area contributed by atoms with Crippen molar-refractivity contribution in [1.29, 1.82) is 0 Å². The fourth-order valence-electron chi connectivity index (χ4n) is 2.22. The summed E-state index contributed by atoms with van der Waals surface area (Å²) in [6.45, 7) is 1.55. The van der Waals surface area contributed by atoms with Crippen molar-refractivity contribution in [1.82, 2.24) is 4.90 Å². The molecule has 1 aromatic carbocycles. The smallest absolute Gasteiger partial charge is 0.324 e. The average molecular weight is 323 g/mol. The van der Waals surface area contributed by atoms with Crippen LogP contribution in [0.4, 0.5) is 19.3 Å². The van der Waals surface area contributed by atoms with Crippen molar-refractivity contribution in [2.45, 2.75) is 19.8 Å². The molecule has 122 valence electrons. The van der Waals surface area contributed by atoms with Crippen LogP contribution in [0.5, 0.6) is 0 Å². The summed E-state index contributed by atoms with van der Waals surface area (Å²) in [6.07, 6.45) is 0.0720. The highest BCUT2D eigenvalue weighted by Crippen LogP contribution is 2.19. The zero-order chi connectivity index (χ0) is 17.1. The average Bonchev–Trinajstić information content (AvgIpc) is 2.48. The fourth-order valence-corrected chi connectivity index (χ4v) is 2.22. The second-order valence-corrected chi connectivity index (χ2v) is 5.20. The fraction of sp³-hybridized carbons (Fsp3) is 0.333. The Morgan fingerprint density at radius 2 is 2.04 bits per heavy atom. The molecule has 1 aromatic rings. The lowest BCUT2D eigenvalue weighted by molar-refractivity contribution is -0.129. The Morgan fingerprint density at radius 3 is 2.70 bits per heavy atom. The molecule has 0 bridgehead atoms. The lowest BCUT2D eigenvalue weighted by Gasteiger charge is -2.25. The van der Waals surface area contributed by atoms with Gasteiger partial charge in [-0.25, -0.2) is 18.6 Å². The lowest BCUT2D eigenvalue weighted by atomic mass is 9.95. The third-order valence-corrected chi connectivity index (χ3v) is 3.56. The van der Waals surface area contributed by atoms with Gasteiger partial charge in [-0.3, -0.25) is 14.5 Å². The molecule has 0 radical (unpaired) electrons. The highest BCUT2D eigenvalue weighted by molar-refractivity contribution is 6.15. The Kier molecular flexibility index (Phi) is 4.83. The van der Waals surface area contributed by atoms with Gasteiger partial charge in [-0.15, -0.1) is 0 Å². The van der Waals surface area contributed by atoms with E-state index in [1.54, 1.807) is 6.92 Å². The minimum absolute atomic E-state index is 0.0673. The Bertz CT molecular complexity index is 703.